The maximum atomic E-state index is 11.9. The van der Waals surface area contributed by atoms with Gasteiger partial charge in [-0.3, -0.25) is 0 Å². The standard InChI is InChI=1S/C17H14O3S/c1-2-19-14-7-5-12(6-8-14)16-11-13(17(18)20-16)10-15-4-3-9-21-15/h3-11H,2H2,1H3/b13-10+. The molecule has 0 saturated heterocycles. The number of carbonyl (C=O) groups is 1. The van der Waals surface area contributed by atoms with Gasteiger partial charge in [0.15, 0.2) is 0 Å². The topological polar surface area (TPSA) is 35.5 Å². The van der Waals surface area contributed by atoms with Crippen molar-refractivity contribution in [3.8, 4) is 5.75 Å². The van der Waals surface area contributed by atoms with Gasteiger partial charge in [0.25, 0.3) is 0 Å². The van der Waals surface area contributed by atoms with Crippen LogP contribution in [-0.2, 0) is 9.53 Å². The summed E-state index contributed by atoms with van der Waals surface area (Å²) in [5.74, 6) is 1.07. The van der Waals surface area contributed by atoms with Gasteiger partial charge in [-0.15, -0.1) is 11.3 Å². The zero-order valence-electron chi connectivity index (χ0n) is 11.5. The van der Waals surface area contributed by atoms with E-state index in [0.29, 0.717) is 17.9 Å². The molecule has 106 valence electrons. The van der Waals surface area contributed by atoms with E-state index in [1.165, 1.54) is 0 Å². The Morgan fingerprint density at radius 3 is 2.71 bits per heavy atom. The predicted molar refractivity (Wildman–Crippen MR) is 84.0 cm³/mol. The number of ether oxygens (including phenoxy) is 2. The lowest BCUT2D eigenvalue weighted by Crippen LogP contribution is -1.97. The van der Waals surface area contributed by atoms with Gasteiger partial charge < -0.3 is 9.47 Å². The van der Waals surface area contributed by atoms with Crippen molar-refractivity contribution < 1.29 is 14.3 Å². The van der Waals surface area contributed by atoms with Crippen LogP contribution in [0, 0.1) is 0 Å². The Bertz CT molecular complexity index is 694. The van der Waals surface area contributed by atoms with E-state index in [0.717, 1.165) is 16.2 Å². The summed E-state index contributed by atoms with van der Waals surface area (Å²) < 4.78 is 10.7. The second-order valence-electron chi connectivity index (χ2n) is 4.47. The van der Waals surface area contributed by atoms with Crippen molar-refractivity contribution in [2.24, 2.45) is 0 Å². The highest BCUT2D eigenvalue weighted by molar-refractivity contribution is 7.10. The monoisotopic (exact) mass is 298 g/mol. The SMILES string of the molecule is CCOc1ccc(C2=C/C(=C\c3cccs3)C(=O)O2)cc1. The Hall–Kier alpha value is -2.33. The van der Waals surface area contributed by atoms with E-state index in [-0.39, 0.29) is 5.97 Å². The summed E-state index contributed by atoms with van der Waals surface area (Å²) in [7, 11) is 0. The van der Waals surface area contributed by atoms with E-state index < -0.39 is 0 Å². The fourth-order valence-corrected chi connectivity index (χ4v) is 2.71. The van der Waals surface area contributed by atoms with Crippen LogP contribution in [0.5, 0.6) is 5.75 Å². The normalized spacial score (nSPS) is 16.0. The van der Waals surface area contributed by atoms with Crippen LogP contribution in [0.3, 0.4) is 0 Å². The summed E-state index contributed by atoms with van der Waals surface area (Å²) in [6, 6.07) is 11.4. The van der Waals surface area contributed by atoms with E-state index in [1.807, 2.05) is 54.8 Å². The summed E-state index contributed by atoms with van der Waals surface area (Å²) in [5, 5.41) is 1.98. The molecule has 1 aromatic heterocycles. The molecular weight excluding hydrogens is 284 g/mol. The van der Waals surface area contributed by atoms with Gasteiger partial charge in [0.05, 0.1) is 12.2 Å². The molecule has 0 N–H and O–H groups in total. The van der Waals surface area contributed by atoms with Crippen LogP contribution in [0.1, 0.15) is 17.4 Å². The van der Waals surface area contributed by atoms with Gasteiger partial charge in [-0.2, -0.15) is 0 Å². The van der Waals surface area contributed by atoms with E-state index >= 15 is 0 Å². The molecule has 0 aliphatic carbocycles. The lowest BCUT2D eigenvalue weighted by molar-refractivity contribution is -0.130. The summed E-state index contributed by atoms with van der Waals surface area (Å²) >= 11 is 1.59. The number of carbonyl (C=O) groups excluding carboxylic acids is 1. The highest BCUT2D eigenvalue weighted by Gasteiger charge is 2.22. The van der Waals surface area contributed by atoms with Gasteiger partial charge in [0.2, 0.25) is 0 Å². The van der Waals surface area contributed by atoms with Crippen molar-refractivity contribution in [2.75, 3.05) is 6.61 Å². The Balaban J connectivity index is 1.84. The number of rotatable bonds is 4. The Labute approximate surface area is 127 Å². The highest BCUT2D eigenvalue weighted by atomic mass is 32.1. The summed E-state index contributed by atoms with van der Waals surface area (Å²) in [6.07, 6.45) is 3.62. The van der Waals surface area contributed by atoms with Crippen LogP contribution >= 0.6 is 11.3 Å². The molecule has 0 atom stereocenters. The third kappa shape index (κ3) is 3.06. The fraction of sp³-hybridized carbons (Fsp3) is 0.118. The molecule has 1 aliphatic rings. The van der Waals surface area contributed by atoms with Crippen molar-refractivity contribution in [3.63, 3.8) is 0 Å². The van der Waals surface area contributed by atoms with Crippen LogP contribution < -0.4 is 4.74 Å². The minimum Gasteiger partial charge on any atom is -0.494 e. The molecule has 1 aliphatic heterocycles. The average molecular weight is 298 g/mol. The molecule has 2 aromatic rings. The third-order valence-corrected chi connectivity index (χ3v) is 3.84. The molecule has 0 saturated carbocycles. The molecule has 1 aromatic carbocycles. The zero-order valence-corrected chi connectivity index (χ0v) is 12.4. The van der Waals surface area contributed by atoms with Crippen LogP contribution in [0.15, 0.2) is 53.4 Å². The Morgan fingerprint density at radius 1 is 1.24 bits per heavy atom. The Kier molecular flexibility index (Phi) is 3.88. The molecule has 3 nitrogen and oxygen atoms in total. The average Bonchev–Trinajstić information content (AvgIpc) is 3.11. The summed E-state index contributed by atoms with van der Waals surface area (Å²) in [6.45, 7) is 2.57. The largest absolute Gasteiger partial charge is 0.494 e. The van der Waals surface area contributed by atoms with Gasteiger partial charge in [0, 0.05) is 10.4 Å². The molecule has 4 heteroatoms. The van der Waals surface area contributed by atoms with Crippen molar-refractivity contribution in [2.45, 2.75) is 6.92 Å². The molecule has 0 fully saturated rings. The maximum Gasteiger partial charge on any atom is 0.343 e. The first kappa shape index (κ1) is 13.6. The quantitative estimate of drug-likeness (QED) is 0.629. The van der Waals surface area contributed by atoms with Gasteiger partial charge in [0.1, 0.15) is 11.5 Å². The van der Waals surface area contributed by atoms with Crippen LogP contribution in [0.2, 0.25) is 0 Å². The molecular formula is C17H14O3S. The molecule has 0 unspecified atom stereocenters. The van der Waals surface area contributed by atoms with E-state index in [9.17, 15) is 4.79 Å². The van der Waals surface area contributed by atoms with Crippen molar-refractivity contribution >= 4 is 29.1 Å². The fourth-order valence-electron chi connectivity index (χ4n) is 2.04. The van der Waals surface area contributed by atoms with E-state index in [2.05, 4.69) is 0 Å². The van der Waals surface area contributed by atoms with Gasteiger partial charge in [-0.1, -0.05) is 6.07 Å². The first-order valence-electron chi connectivity index (χ1n) is 6.68. The summed E-state index contributed by atoms with van der Waals surface area (Å²) in [5.41, 5.74) is 1.43. The smallest absolute Gasteiger partial charge is 0.343 e. The number of esters is 1. The van der Waals surface area contributed by atoms with Gasteiger partial charge in [-0.05, 0) is 54.8 Å². The van der Waals surface area contributed by atoms with Gasteiger partial charge in [-0.25, -0.2) is 4.79 Å². The zero-order chi connectivity index (χ0) is 14.7. The van der Waals surface area contributed by atoms with Crippen molar-refractivity contribution in [1.82, 2.24) is 0 Å². The predicted octanol–water partition coefficient (Wildman–Crippen LogP) is 4.13. The molecule has 0 amide bonds. The lowest BCUT2D eigenvalue weighted by atomic mass is 10.1. The van der Waals surface area contributed by atoms with Crippen LogP contribution in [0.25, 0.3) is 11.8 Å². The number of cyclic esters (lactones) is 1. The van der Waals surface area contributed by atoms with Crippen LogP contribution in [0.4, 0.5) is 0 Å². The van der Waals surface area contributed by atoms with Gasteiger partial charge >= 0.3 is 5.97 Å². The second-order valence-corrected chi connectivity index (χ2v) is 5.45. The van der Waals surface area contributed by atoms with E-state index in [4.69, 9.17) is 9.47 Å². The molecule has 0 bridgehead atoms. The maximum absolute atomic E-state index is 11.9. The minimum atomic E-state index is -0.313. The van der Waals surface area contributed by atoms with Crippen molar-refractivity contribution in [1.29, 1.82) is 0 Å². The Morgan fingerprint density at radius 2 is 2.05 bits per heavy atom. The minimum absolute atomic E-state index is 0.313. The lowest BCUT2D eigenvalue weighted by Gasteiger charge is -2.05. The third-order valence-electron chi connectivity index (χ3n) is 3.02. The molecule has 21 heavy (non-hydrogen) atoms. The highest BCUT2D eigenvalue weighted by Crippen LogP contribution is 2.29. The van der Waals surface area contributed by atoms with E-state index in [1.54, 1.807) is 17.4 Å². The molecule has 0 radical (unpaired) electrons. The van der Waals surface area contributed by atoms with Crippen molar-refractivity contribution in [3.05, 3.63) is 63.9 Å². The number of hydrogen-bond donors (Lipinski definition) is 0. The first-order chi connectivity index (χ1) is 10.3. The number of thiophene rings is 1. The second kappa shape index (κ2) is 5.97. The number of hydrogen-bond acceptors (Lipinski definition) is 4. The number of benzene rings is 1. The molecule has 2 heterocycles. The first-order valence-corrected chi connectivity index (χ1v) is 7.56. The summed E-state index contributed by atoms with van der Waals surface area (Å²) in [4.78, 5) is 12.9. The molecule has 3 rings (SSSR count). The molecule has 0 spiro atoms. The van der Waals surface area contributed by atoms with Crippen LogP contribution in [-0.4, -0.2) is 12.6 Å².